The molecule has 0 spiro atoms. The van der Waals surface area contributed by atoms with Crippen molar-refractivity contribution < 1.29 is 0 Å². The zero-order chi connectivity index (χ0) is 15.6. The van der Waals surface area contributed by atoms with Gasteiger partial charge in [-0.3, -0.25) is 0 Å². The van der Waals surface area contributed by atoms with Crippen LogP contribution < -0.4 is 5.73 Å². The summed E-state index contributed by atoms with van der Waals surface area (Å²) in [6, 6.07) is 8.71. The maximum atomic E-state index is 6.34. The van der Waals surface area contributed by atoms with Crippen LogP contribution in [-0.2, 0) is 11.8 Å². The average Bonchev–Trinajstić information content (AvgIpc) is 2.86. The molecule has 21 heavy (non-hydrogen) atoms. The second-order valence-corrected chi connectivity index (χ2v) is 7.95. The summed E-state index contributed by atoms with van der Waals surface area (Å²) in [4.78, 5) is 4.67. The third kappa shape index (κ3) is 4.14. The molecule has 2 nitrogen and oxygen atoms in total. The number of hydrogen-bond donors (Lipinski definition) is 1. The third-order valence-electron chi connectivity index (χ3n) is 3.76. The second kappa shape index (κ2) is 6.29. The van der Waals surface area contributed by atoms with Crippen LogP contribution in [0.2, 0.25) is 0 Å². The van der Waals surface area contributed by atoms with Crippen molar-refractivity contribution >= 4 is 11.3 Å². The standard InChI is InChI=1S/C18H26N2S/c1-12(2)16-11-21-17(20-16)10-15(19)13-6-8-14(9-7-13)18(3,4)5/h6-9,11-12,15H,10,19H2,1-5H3. The molecule has 0 bridgehead atoms. The molecule has 3 heteroatoms. The van der Waals surface area contributed by atoms with E-state index in [4.69, 9.17) is 5.73 Å². The van der Waals surface area contributed by atoms with Gasteiger partial charge in [0.2, 0.25) is 0 Å². The fraction of sp³-hybridized carbons (Fsp3) is 0.500. The lowest BCUT2D eigenvalue weighted by atomic mass is 9.86. The normalized spacial score (nSPS) is 13.7. The van der Waals surface area contributed by atoms with E-state index in [1.165, 1.54) is 16.8 Å². The van der Waals surface area contributed by atoms with Crippen LogP contribution in [-0.4, -0.2) is 4.98 Å². The largest absolute Gasteiger partial charge is 0.324 e. The lowest BCUT2D eigenvalue weighted by molar-refractivity contribution is 0.589. The summed E-state index contributed by atoms with van der Waals surface area (Å²) in [7, 11) is 0. The molecule has 0 radical (unpaired) electrons. The highest BCUT2D eigenvalue weighted by Crippen LogP contribution is 2.25. The van der Waals surface area contributed by atoms with Gasteiger partial charge in [-0.05, 0) is 22.5 Å². The topological polar surface area (TPSA) is 38.9 Å². The number of hydrogen-bond acceptors (Lipinski definition) is 3. The molecule has 0 aliphatic carbocycles. The Morgan fingerprint density at radius 3 is 2.24 bits per heavy atom. The van der Waals surface area contributed by atoms with Gasteiger partial charge in [0.05, 0.1) is 10.7 Å². The Morgan fingerprint density at radius 1 is 1.14 bits per heavy atom. The number of aromatic nitrogens is 1. The van der Waals surface area contributed by atoms with Gasteiger partial charge in [0, 0.05) is 17.8 Å². The maximum Gasteiger partial charge on any atom is 0.0947 e. The molecule has 1 aromatic heterocycles. The summed E-state index contributed by atoms with van der Waals surface area (Å²) in [6.07, 6.45) is 0.812. The summed E-state index contributed by atoms with van der Waals surface area (Å²) >= 11 is 1.72. The molecule has 1 heterocycles. The molecule has 0 aliphatic rings. The molecular weight excluding hydrogens is 276 g/mol. The first-order valence-electron chi connectivity index (χ1n) is 7.57. The first-order chi connectivity index (χ1) is 9.77. The number of thiazole rings is 1. The van der Waals surface area contributed by atoms with E-state index in [0.29, 0.717) is 5.92 Å². The van der Waals surface area contributed by atoms with Gasteiger partial charge in [-0.25, -0.2) is 4.98 Å². The van der Waals surface area contributed by atoms with Crippen LogP contribution in [0.25, 0.3) is 0 Å². The summed E-state index contributed by atoms with van der Waals surface area (Å²) in [6.45, 7) is 11.0. The van der Waals surface area contributed by atoms with E-state index in [9.17, 15) is 0 Å². The average molecular weight is 302 g/mol. The molecule has 0 saturated carbocycles. The summed E-state index contributed by atoms with van der Waals surface area (Å²) in [5.41, 5.74) is 10.2. The minimum atomic E-state index is 0.0187. The first kappa shape index (κ1) is 16.2. The van der Waals surface area contributed by atoms with E-state index in [1.807, 2.05) is 0 Å². The Balaban J connectivity index is 2.07. The highest BCUT2D eigenvalue weighted by Gasteiger charge is 2.15. The van der Waals surface area contributed by atoms with Crippen LogP contribution in [0.1, 0.15) is 68.4 Å². The predicted octanol–water partition coefficient (Wildman–Crippen LogP) is 4.81. The molecule has 0 fully saturated rings. The van der Waals surface area contributed by atoms with Gasteiger partial charge in [-0.1, -0.05) is 58.9 Å². The quantitative estimate of drug-likeness (QED) is 0.880. The molecule has 1 atom stereocenters. The lowest BCUT2D eigenvalue weighted by Crippen LogP contribution is -2.15. The van der Waals surface area contributed by atoms with Crippen LogP contribution >= 0.6 is 11.3 Å². The monoisotopic (exact) mass is 302 g/mol. The van der Waals surface area contributed by atoms with Crippen molar-refractivity contribution in [1.29, 1.82) is 0 Å². The molecule has 0 amide bonds. The predicted molar refractivity (Wildman–Crippen MR) is 92.0 cm³/mol. The van der Waals surface area contributed by atoms with Crippen LogP contribution in [0.5, 0.6) is 0 Å². The Morgan fingerprint density at radius 2 is 1.76 bits per heavy atom. The highest BCUT2D eigenvalue weighted by molar-refractivity contribution is 7.09. The summed E-state index contributed by atoms with van der Waals surface area (Å²) in [5, 5.41) is 3.28. The third-order valence-corrected chi connectivity index (χ3v) is 4.65. The molecule has 1 unspecified atom stereocenters. The van der Waals surface area contributed by atoms with E-state index < -0.39 is 0 Å². The highest BCUT2D eigenvalue weighted by atomic mass is 32.1. The van der Waals surface area contributed by atoms with Crippen LogP contribution in [0.4, 0.5) is 0 Å². The van der Waals surface area contributed by atoms with Crippen molar-refractivity contribution in [2.45, 2.75) is 58.4 Å². The molecule has 1 aromatic carbocycles. The van der Waals surface area contributed by atoms with Crippen LogP contribution in [0.15, 0.2) is 29.6 Å². The molecule has 2 aromatic rings. The van der Waals surface area contributed by atoms with Crippen molar-refractivity contribution in [3.63, 3.8) is 0 Å². The Bertz CT molecular complexity index is 576. The van der Waals surface area contributed by atoms with Crippen molar-refractivity contribution in [1.82, 2.24) is 4.98 Å². The fourth-order valence-electron chi connectivity index (χ4n) is 2.22. The fourth-order valence-corrected chi connectivity index (χ4v) is 3.24. The Hall–Kier alpha value is -1.19. The summed E-state index contributed by atoms with van der Waals surface area (Å²) in [5.74, 6) is 0.484. The van der Waals surface area contributed by atoms with Gasteiger partial charge in [0.25, 0.3) is 0 Å². The lowest BCUT2D eigenvalue weighted by Gasteiger charge is -2.20. The minimum absolute atomic E-state index is 0.0187. The van der Waals surface area contributed by atoms with Crippen molar-refractivity contribution in [3.05, 3.63) is 51.5 Å². The molecular formula is C18H26N2S. The molecule has 2 rings (SSSR count). The van der Waals surface area contributed by atoms with E-state index in [-0.39, 0.29) is 11.5 Å². The number of nitrogens with two attached hydrogens (primary N) is 1. The number of rotatable bonds is 4. The van der Waals surface area contributed by atoms with E-state index in [1.54, 1.807) is 11.3 Å². The second-order valence-electron chi connectivity index (χ2n) is 7.00. The zero-order valence-electron chi connectivity index (χ0n) is 13.7. The van der Waals surface area contributed by atoms with Gasteiger partial charge >= 0.3 is 0 Å². The minimum Gasteiger partial charge on any atom is -0.324 e. The van der Waals surface area contributed by atoms with E-state index >= 15 is 0 Å². The van der Waals surface area contributed by atoms with Gasteiger partial charge in [0.1, 0.15) is 0 Å². The molecule has 0 saturated heterocycles. The summed E-state index contributed by atoms with van der Waals surface area (Å²) < 4.78 is 0. The number of nitrogens with zero attached hydrogens (tertiary/aromatic N) is 1. The van der Waals surface area contributed by atoms with Crippen molar-refractivity contribution in [2.24, 2.45) is 5.73 Å². The van der Waals surface area contributed by atoms with Gasteiger partial charge in [0.15, 0.2) is 0 Å². The zero-order valence-corrected chi connectivity index (χ0v) is 14.5. The Labute approximate surface area is 132 Å². The maximum absolute atomic E-state index is 6.34. The number of benzene rings is 1. The molecule has 114 valence electrons. The molecule has 2 N–H and O–H groups in total. The van der Waals surface area contributed by atoms with E-state index in [2.05, 4.69) is 69.2 Å². The van der Waals surface area contributed by atoms with Crippen LogP contribution in [0.3, 0.4) is 0 Å². The Kier molecular flexibility index (Phi) is 4.84. The van der Waals surface area contributed by atoms with Crippen molar-refractivity contribution in [2.75, 3.05) is 0 Å². The van der Waals surface area contributed by atoms with Crippen molar-refractivity contribution in [3.8, 4) is 0 Å². The first-order valence-corrected chi connectivity index (χ1v) is 8.45. The van der Waals surface area contributed by atoms with Gasteiger partial charge in [-0.2, -0.15) is 0 Å². The molecule has 0 aliphatic heterocycles. The van der Waals surface area contributed by atoms with Gasteiger partial charge < -0.3 is 5.73 Å². The SMILES string of the molecule is CC(C)c1csc(CC(N)c2ccc(C(C)(C)C)cc2)n1. The van der Waals surface area contributed by atoms with Gasteiger partial charge in [-0.15, -0.1) is 11.3 Å². The smallest absolute Gasteiger partial charge is 0.0947 e. The van der Waals surface area contributed by atoms with Crippen LogP contribution in [0, 0.1) is 0 Å². The van der Waals surface area contributed by atoms with E-state index in [0.717, 1.165) is 11.4 Å².